The van der Waals surface area contributed by atoms with Crippen molar-refractivity contribution in [3.8, 4) is 0 Å². The molecule has 2 rings (SSSR count). The number of aromatic nitrogens is 4. The fourth-order valence-corrected chi connectivity index (χ4v) is 1.27. The highest BCUT2D eigenvalue weighted by Gasteiger charge is 2.02. The highest BCUT2D eigenvalue weighted by molar-refractivity contribution is 5.68. The topological polar surface area (TPSA) is 80.5 Å². The van der Waals surface area contributed by atoms with Crippen LogP contribution in [0.1, 0.15) is 12.5 Å². The molecule has 13 heavy (non-hydrogen) atoms. The fourth-order valence-electron chi connectivity index (χ4n) is 1.27. The van der Waals surface area contributed by atoms with Gasteiger partial charge in [-0.25, -0.2) is 4.98 Å². The van der Waals surface area contributed by atoms with E-state index in [1.54, 1.807) is 6.20 Å². The van der Waals surface area contributed by atoms with Crippen molar-refractivity contribution in [1.82, 2.24) is 20.4 Å². The molecule has 2 heterocycles. The second kappa shape index (κ2) is 3.10. The maximum Gasteiger partial charge on any atom is 0.201 e. The number of rotatable bonds is 2. The Balaban J connectivity index is 2.37. The number of nitrogens with one attached hydrogen (secondary N) is 1. The first-order valence-corrected chi connectivity index (χ1v) is 4.16. The zero-order valence-corrected chi connectivity index (χ0v) is 7.36. The molecule has 0 saturated carbocycles. The number of fused-ring (bicyclic) bond motifs is 1. The number of nitrogens with zero attached hydrogens (tertiary/aromatic N) is 3. The number of aromatic amines is 1. The fraction of sp³-hybridized carbons (Fsp3) is 0.375. The van der Waals surface area contributed by atoms with Crippen LogP contribution in [0.3, 0.4) is 0 Å². The molecule has 0 radical (unpaired) electrons. The lowest BCUT2D eigenvalue weighted by Gasteiger charge is -2.02. The lowest BCUT2D eigenvalue weighted by atomic mass is 10.1. The van der Waals surface area contributed by atoms with Gasteiger partial charge in [-0.05, 0) is 25.0 Å². The van der Waals surface area contributed by atoms with Gasteiger partial charge in [0.05, 0.1) is 0 Å². The third-order valence-corrected chi connectivity index (χ3v) is 1.79. The molecule has 2 aromatic rings. The maximum atomic E-state index is 5.67. The number of pyridine rings is 1. The Morgan fingerprint density at radius 3 is 3.15 bits per heavy atom. The highest BCUT2D eigenvalue weighted by Crippen LogP contribution is 2.08. The summed E-state index contributed by atoms with van der Waals surface area (Å²) in [5, 5.41) is 10.3. The quantitative estimate of drug-likeness (QED) is 0.688. The molecule has 1 atom stereocenters. The average Bonchev–Trinajstić information content (AvgIpc) is 2.49. The number of hydrogen-bond acceptors (Lipinski definition) is 4. The van der Waals surface area contributed by atoms with Crippen LogP contribution >= 0.6 is 0 Å². The second-order valence-electron chi connectivity index (χ2n) is 3.19. The van der Waals surface area contributed by atoms with Gasteiger partial charge in [0.1, 0.15) is 5.52 Å². The predicted octanol–water partition coefficient (Wildman–Crippen LogP) is 0.243. The molecule has 0 bridgehead atoms. The van der Waals surface area contributed by atoms with Gasteiger partial charge in [-0.2, -0.15) is 10.3 Å². The molecule has 0 aliphatic carbocycles. The molecule has 5 heteroatoms. The molecule has 0 aliphatic rings. The smallest absolute Gasteiger partial charge is 0.201 e. The van der Waals surface area contributed by atoms with Crippen LogP contribution in [0.2, 0.25) is 0 Å². The number of H-pyrrole nitrogens is 1. The minimum absolute atomic E-state index is 0.145. The summed E-state index contributed by atoms with van der Waals surface area (Å²) in [6.07, 6.45) is 2.60. The van der Waals surface area contributed by atoms with Gasteiger partial charge < -0.3 is 5.73 Å². The Bertz CT molecular complexity index is 406. The lowest BCUT2D eigenvalue weighted by molar-refractivity contribution is 0.736. The molecule has 0 fully saturated rings. The van der Waals surface area contributed by atoms with Gasteiger partial charge in [-0.3, -0.25) is 0 Å². The lowest BCUT2D eigenvalue weighted by Crippen LogP contribution is -2.17. The van der Waals surface area contributed by atoms with E-state index in [-0.39, 0.29) is 6.04 Å². The first-order chi connectivity index (χ1) is 6.25. The number of hydrogen-bond donors (Lipinski definition) is 2. The summed E-state index contributed by atoms with van der Waals surface area (Å²) >= 11 is 0. The van der Waals surface area contributed by atoms with E-state index in [2.05, 4.69) is 20.4 Å². The van der Waals surface area contributed by atoms with Gasteiger partial charge in [0, 0.05) is 12.2 Å². The molecule has 0 spiro atoms. The van der Waals surface area contributed by atoms with E-state index in [1.807, 2.05) is 13.0 Å². The predicted molar refractivity (Wildman–Crippen MR) is 49.0 cm³/mol. The van der Waals surface area contributed by atoms with Crippen molar-refractivity contribution in [3.05, 3.63) is 17.8 Å². The van der Waals surface area contributed by atoms with Crippen molar-refractivity contribution < 1.29 is 0 Å². The monoisotopic (exact) mass is 177 g/mol. The summed E-state index contributed by atoms with van der Waals surface area (Å²) in [6, 6.07) is 2.10. The molecule has 0 amide bonds. The van der Waals surface area contributed by atoms with Gasteiger partial charge in [-0.1, -0.05) is 0 Å². The van der Waals surface area contributed by atoms with Crippen molar-refractivity contribution in [3.63, 3.8) is 0 Å². The van der Waals surface area contributed by atoms with E-state index < -0.39 is 0 Å². The van der Waals surface area contributed by atoms with Crippen LogP contribution in [-0.4, -0.2) is 26.4 Å². The van der Waals surface area contributed by atoms with Crippen LogP contribution < -0.4 is 5.73 Å². The normalized spacial score (nSPS) is 13.4. The molecule has 0 unspecified atom stereocenters. The van der Waals surface area contributed by atoms with E-state index in [0.29, 0.717) is 5.65 Å². The Morgan fingerprint density at radius 2 is 2.38 bits per heavy atom. The Hall–Kier alpha value is -1.49. The second-order valence-corrected chi connectivity index (χ2v) is 3.19. The minimum Gasteiger partial charge on any atom is -0.328 e. The highest BCUT2D eigenvalue weighted by atomic mass is 15.3. The van der Waals surface area contributed by atoms with Crippen molar-refractivity contribution in [2.24, 2.45) is 5.73 Å². The van der Waals surface area contributed by atoms with Crippen LogP contribution in [0.15, 0.2) is 12.3 Å². The maximum absolute atomic E-state index is 5.67. The molecule has 0 aliphatic heterocycles. The van der Waals surface area contributed by atoms with E-state index in [0.717, 1.165) is 17.5 Å². The van der Waals surface area contributed by atoms with Gasteiger partial charge in [0.2, 0.25) is 5.65 Å². The minimum atomic E-state index is 0.145. The van der Waals surface area contributed by atoms with Crippen LogP contribution in [0.4, 0.5) is 0 Å². The largest absolute Gasteiger partial charge is 0.328 e. The van der Waals surface area contributed by atoms with Gasteiger partial charge in [0.25, 0.3) is 0 Å². The van der Waals surface area contributed by atoms with Crippen LogP contribution in [0, 0.1) is 0 Å². The summed E-state index contributed by atoms with van der Waals surface area (Å²) < 4.78 is 0. The SMILES string of the molecule is C[C@H](N)Cc1cnc2n[nH]nc2c1. The number of nitrogens with two attached hydrogens (primary N) is 1. The van der Waals surface area contributed by atoms with Crippen molar-refractivity contribution in [1.29, 1.82) is 0 Å². The summed E-state index contributed by atoms with van der Waals surface area (Å²) in [7, 11) is 0. The standard InChI is InChI=1S/C8H11N5/c1-5(9)2-6-3-7-8(10-4-6)12-13-11-7/h3-5H,2,9H2,1H3,(H,10,11,12,13)/t5-/m0/s1. The first kappa shape index (κ1) is 8.12. The molecule has 0 saturated heterocycles. The van der Waals surface area contributed by atoms with Gasteiger partial charge >= 0.3 is 0 Å². The Kier molecular flexibility index (Phi) is 1.94. The van der Waals surface area contributed by atoms with Crippen molar-refractivity contribution in [2.75, 3.05) is 0 Å². The summed E-state index contributed by atoms with van der Waals surface area (Å²) in [5.74, 6) is 0. The van der Waals surface area contributed by atoms with Crippen LogP contribution in [0.5, 0.6) is 0 Å². The van der Waals surface area contributed by atoms with Crippen LogP contribution in [0.25, 0.3) is 11.2 Å². The van der Waals surface area contributed by atoms with Crippen LogP contribution in [-0.2, 0) is 6.42 Å². The van der Waals surface area contributed by atoms with E-state index in [1.165, 1.54) is 0 Å². The zero-order valence-electron chi connectivity index (χ0n) is 7.36. The third kappa shape index (κ3) is 1.65. The third-order valence-electron chi connectivity index (χ3n) is 1.79. The first-order valence-electron chi connectivity index (χ1n) is 4.16. The summed E-state index contributed by atoms with van der Waals surface area (Å²) in [6.45, 7) is 1.97. The summed E-state index contributed by atoms with van der Waals surface area (Å²) in [5.41, 5.74) is 8.20. The van der Waals surface area contributed by atoms with E-state index in [4.69, 9.17) is 5.73 Å². The average molecular weight is 177 g/mol. The van der Waals surface area contributed by atoms with Gasteiger partial charge in [-0.15, -0.1) is 5.10 Å². The molecule has 3 N–H and O–H groups in total. The molecule has 2 aromatic heterocycles. The Morgan fingerprint density at radius 1 is 1.54 bits per heavy atom. The van der Waals surface area contributed by atoms with Gasteiger partial charge in [0.15, 0.2) is 0 Å². The molecular weight excluding hydrogens is 166 g/mol. The zero-order chi connectivity index (χ0) is 9.26. The van der Waals surface area contributed by atoms with Crippen molar-refractivity contribution >= 4 is 11.2 Å². The van der Waals surface area contributed by atoms with E-state index in [9.17, 15) is 0 Å². The van der Waals surface area contributed by atoms with E-state index >= 15 is 0 Å². The Labute approximate surface area is 75.4 Å². The molecule has 5 nitrogen and oxygen atoms in total. The molecular formula is C8H11N5. The summed E-state index contributed by atoms with van der Waals surface area (Å²) in [4.78, 5) is 4.13. The van der Waals surface area contributed by atoms with Crippen molar-refractivity contribution in [2.45, 2.75) is 19.4 Å². The molecule has 0 aromatic carbocycles. The molecule has 68 valence electrons.